The predicted octanol–water partition coefficient (Wildman–Crippen LogP) is 3.14. The Morgan fingerprint density at radius 3 is 2.62 bits per heavy atom. The number of halogens is 1. The van der Waals surface area contributed by atoms with Crippen molar-refractivity contribution >= 4 is 34.6 Å². The van der Waals surface area contributed by atoms with Crippen LogP contribution >= 0.6 is 11.6 Å². The summed E-state index contributed by atoms with van der Waals surface area (Å²) in [7, 11) is 2.08. The molecule has 0 spiro atoms. The van der Waals surface area contributed by atoms with E-state index in [2.05, 4.69) is 32.5 Å². The molecule has 10 nitrogen and oxygen atoms in total. The second kappa shape index (κ2) is 8.93. The molecule has 0 bridgehead atoms. The third-order valence-corrected chi connectivity index (χ3v) is 5.68. The molecule has 0 radical (unpaired) electrons. The quantitative estimate of drug-likeness (QED) is 0.465. The van der Waals surface area contributed by atoms with E-state index in [0.717, 1.165) is 31.9 Å². The molecule has 1 aliphatic rings. The summed E-state index contributed by atoms with van der Waals surface area (Å²) in [6, 6.07) is 11.4. The molecule has 2 heterocycles. The van der Waals surface area contributed by atoms with Gasteiger partial charge in [0.1, 0.15) is 0 Å². The fraction of sp³-hybridized carbons (Fsp3) is 0.286. The number of non-ortho nitro benzene ring substituents is 1. The number of rotatable bonds is 5. The monoisotopic (exact) mass is 455 g/mol. The summed E-state index contributed by atoms with van der Waals surface area (Å²) in [6.45, 7) is 5.21. The Kier molecular flexibility index (Phi) is 6.06. The maximum Gasteiger partial charge on any atom is 0.278 e. The lowest BCUT2D eigenvalue weighted by Crippen LogP contribution is -2.44. The maximum absolute atomic E-state index is 13.0. The first-order valence-corrected chi connectivity index (χ1v) is 10.4. The number of carbonyl (C=O) groups is 1. The molecule has 3 aromatic rings. The normalized spacial score (nSPS) is 14.4. The summed E-state index contributed by atoms with van der Waals surface area (Å²) in [6.07, 6.45) is 0. The molecule has 1 aromatic heterocycles. The van der Waals surface area contributed by atoms with Gasteiger partial charge in [0.05, 0.1) is 27.7 Å². The van der Waals surface area contributed by atoms with Crippen molar-refractivity contribution in [3.05, 3.63) is 69.0 Å². The Hall–Kier alpha value is -3.50. The van der Waals surface area contributed by atoms with Gasteiger partial charge in [-0.15, -0.1) is 5.10 Å². The van der Waals surface area contributed by atoms with E-state index < -0.39 is 10.8 Å². The molecule has 4 rings (SSSR count). The lowest BCUT2D eigenvalue weighted by Gasteiger charge is -2.35. The number of nitro benzene ring substituents is 1. The van der Waals surface area contributed by atoms with Gasteiger partial charge in [0.25, 0.3) is 11.6 Å². The van der Waals surface area contributed by atoms with E-state index in [9.17, 15) is 14.9 Å². The number of benzene rings is 2. The standard InChI is InChI=1S/C21H22ClN7O3/c1-14-20(24-25-28(14)16-4-3-5-17(13-16)29(31)32)21(30)23-18-12-15(22)6-7-19(18)27-10-8-26(2)9-11-27/h3-7,12-13H,8-11H2,1-2H3,(H,23,30). The molecular weight excluding hydrogens is 434 g/mol. The third-order valence-electron chi connectivity index (χ3n) is 5.45. The van der Waals surface area contributed by atoms with Crippen LogP contribution in [0.1, 0.15) is 16.2 Å². The van der Waals surface area contributed by atoms with Crippen molar-refractivity contribution in [2.45, 2.75) is 6.92 Å². The van der Waals surface area contributed by atoms with Crippen LogP contribution in [0.5, 0.6) is 0 Å². The molecule has 32 heavy (non-hydrogen) atoms. The molecule has 0 saturated carbocycles. The zero-order chi connectivity index (χ0) is 22.8. The lowest BCUT2D eigenvalue weighted by atomic mass is 10.2. The number of anilines is 2. The zero-order valence-corrected chi connectivity index (χ0v) is 18.4. The number of nitro groups is 1. The summed E-state index contributed by atoms with van der Waals surface area (Å²) < 4.78 is 1.40. The first kappa shape index (κ1) is 21.7. The van der Waals surface area contributed by atoms with Crippen molar-refractivity contribution in [2.75, 3.05) is 43.4 Å². The number of nitrogens with one attached hydrogen (secondary N) is 1. The van der Waals surface area contributed by atoms with Crippen LogP contribution in [0.3, 0.4) is 0 Å². The second-order valence-electron chi connectivity index (χ2n) is 7.62. The van der Waals surface area contributed by atoms with Crippen LogP contribution in [0.15, 0.2) is 42.5 Å². The van der Waals surface area contributed by atoms with Gasteiger partial charge < -0.3 is 15.1 Å². The lowest BCUT2D eigenvalue weighted by molar-refractivity contribution is -0.384. The topological polar surface area (TPSA) is 109 Å². The number of hydrogen-bond acceptors (Lipinski definition) is 7. The number of amides is 1. The number of aromatic nitrogens is 3. The highest BCUT2D eigenvalue weighted by Crippen LogP contribution is 2.30. The Morgan fingerprint density at radius 2 is 1.91 bits per heavy atom. The van der Waals surface area contributed by atoms with E-state index in [1.54, 1.807) is 31.2 Å². The van der Waals surface area contributed by atoms with Gasteiger partial charge in [-0.05, 0) is 38.2 Å². The number of carbonyl (C=O) groups excluding carboxylic acids is 1. The van der Waals surface area contributed by atoms with Crippen molar-refractivity contribution in [3.8, 4) is 5.69 Å². The van der Waals surface area contributed by atoms with Gasteiger partial charge in [-0.2, -0.15) is 0 Å². The number of piperazine rings is 1. The Labute approximate surface area is 189 Å². The summed E-state index contributed by atoms with van der Waals surface area (Å²) in [5.41, 5.74) is 2.45. The number of likely N-dealkylation sites (N-methyl/N-ethyl adjacent to an activating group) is 1. The van der Waals surface area contributed by atoms with Crippen LogP contribution in [-0.4, -0.2) is 64.0 Å². The molecule has 1 aliphatic heterocycles. The van der Waals surface area contributed by atoms with E-state index >= 15 is 0 Å². The van der Waals surface area contributed by atoms with Crippen molar-refractivity contribution in [1.29, 1.82) is 0 Å². The first-order valence-electron chi connectivity index (χ1n) is 10.0. The zero-order valence-electron chi connectivity index (χ0n) is 17.7. The molecule has 0 aliphatic carbocycles. The predicted molar refractivity (Wildman–Crippen MR) is 122 cm³/mol. The second-order valence-corrected chi connectivity index (χ2v) is 8.05. The fourth-order valence-electron chi connectivity index (χ4n) is 3.64. The van der Waals surface area contributed by atoms with Crippen LogP contribution < -0.4 is 10.2 Å². The minimum atomic E-state index is -0.484. The highest BCUT2D eigenvalue weighted by molar-refractivity contribution is 6.31. The molecule has 0 atom stereocenters. The van der Waals surface area contributed by atoms with Crippen molar-refractivity contribution < 1.29 is 9.72 Å². The Morgan fingerprint density at radius 1 is 1.16 bits per heavy atom. The molecule has 1 amide bonds. The van der Waals surface area contributed by atoms with Crippen molar-refractivity contribution in [2.24, 2.45) is 0 Å². The van der Waals surface area contributed by atoms with Crippen LogP contribution in [0, 0.1) is 17.0 Å². The van der Waals surface area contributed by atoms with Crippen molar-refractivity contribution in [1.82, 2.24) is 19.9 Å². The van der Waals surface area contributed by atoms with Gasteiger partial charge in [-0.3, -0.25) is 14.9 Å². The SMILES string of the molecule is Cc1c(C(=O)Nc2cc(Cl)ccc2N2CCN(C)CC2)nnn1-c1cccc([N+](=O)[O-])c1. The van der Waals surface area contributed by atoms with Gasteiger partial charge in [0.15, 0.2) is 5.69 Å². The molecule has 1 saturated heterocycles. The molecule has 0 unspecified atom stereocenters. The summed E-state index contributed by atoms with van der Waals surface area (Å²) in [5.74, 6) is -0.433. The summed E-state index contributed by atoms with van der Waals surface area (Å²) in [4.78, 5) is 28.1. The van der Waals surface area contributed by atoms with Crippen LogP contribution in [0.2, 0.25) is 5.02 Å². The Balaban J connectivity index is 1.60. The van der Waals surface area contributed by atoms with E-state index in [0.29, 0.717) is 22.1 Å². The minimum absolute atomic E-state index is 0.0702. The molecular formula is C21H22ClN7O3. The van der Waals surface area contributed by atoms with E-state index in [4.69, 9.17) is 11.6 Å². The van der Waals surface area contributed by atoms with Gasteiger partial charge >= 0.3 is 0 Å². The smallest absolute Gasteiger partial charge is 0.278 e. The van der Waals surface area contributed by atoms with E-state index in [1.807, 2.05) is 6.07 Å². The van der Waals surface area contributed by atoms with Gasteiger partial charge in [-0.25, -0.2) is 4.68 Å². The highest BCUT2D eigenvalue weighted by Gasteiger charge is 2.22. The third kappa shape index (κ3) is 4.41. The number of nitrogens with zero attached hydrogens (tertiary/aromatic N) is 6. The average Bonchev–Trinajstić information content (AvgIpc) is 3.16. The molecule has 166 valence electrons. The van der Waals surface area contributed by atoms with E-state index in [1.165, 1.54) is 16.8 Å². The van der Waals surface area contributed by atoms with Crippen LogP contribution in [-0.2, 0) is 0 Å². The maximum atomic E-state index is 13.0. The van der Waals surface area contributed by atoms with Crippen molar-refractivity contribution in [3.63, 3.8) is 0 Å². The van der Waals surface area contributed by atoms with Crippen LogP contribution in [0.4, 0.5) is 17.1 Å². The molecule has 2 aromatic carbocycles. The summed E-state index contributed by atoms with van der Waals surface area (Å²) >= 11 is 6.20. The Bertz CT molecular complexity index is 1170. The minimum Gasteiger partial charge on any atom is -0.367 e. The molecule has 1 fully saturated rings. The summed E-state index contributed by atoms with van der Waals surface area (Å²) in [5, 5.41) is 22.5. The van der Waals surface area contributed by atoms with Crippen LogP contribution in [0.25, 0.3) is 5.69 Å². The molecule has 11 heteroatoms. The fourth-order valence-corrected chi connectivity index (χ4v) is 3.81. The van der Waals surface area contributed by atoms with Gasteiger partial charge in [-0.1, -0.05) is 22.9 Å². The first-order chi connectivity index (χ1) is 15.3. The largest absolute Gasteiger partial charge is 0.367 e. The van der Waals surface area contributed by atoms with E-state index in [-0.39, 0.29) is 11.4 Å². The highest BCUT2D eigenvalue weighted by atomic mass is 35.5. The van der Waals surface area contributed by atoms with Gasteiger partial charge in [0, 0.05) is 43.3 Å². The van der Waals surface area contributed by atoms with Gasteiger partial charge in [0.2, 0.25) is 0 Å². The molecule has 1 N–H and O–H groups in total. The average molecular weight is 456 g/mol. The number of hydrogen-bond donors (Lipinski definition) is 1.